The zero-order valence-electron chi connectivity index (χ0n) is 19.9. The maximum Gasteiger partial charge on any atom is 0.271 e. The summed E-state index contributed by atoms with van der Waals surface area (Å²) in [5, 5.41) is 9.85. The van der Waals surface area contributed by atoms with Crippen LogP contribution < -0.4 is 16.4 Å². The van der Waals surface area contributed by atoms with Crippen molar-refractivity contribution in [2.24, 2.45) is 7.05 Å². The van der Waals surface area contributed by atoms with Gasteiger partial charge in [0, 0.05) is 53.9 Å². The zero-order chi connectivity index (χ0) is 25.7. The molecule has 4 aromatic heterocycles. The first kappa shape index (κ1) is 23.3. The number of rotatable bonds is 5. The van der Waals surface area contributed by atoms with Gasteiger partial charge in [-0.25, -0.2) is 23.7 Å². The summed E-state index contributed by atoms with van der Waals surface area (Å²) in [7, 11) is 1.88. The Morgan fingerprint density at radius 2 is 2.03 bits per heavy atom. The van der Waals surface area contributed by atoms with Crippen molar-refractivity contribution < 1.29 is 13.6 Å². The number of aromatic nitrogens is 5. The lowest BCUT2D eigenvalue weighted by atomic mass is 9.90. The Kier molecular flexibility index (Phi) is 5.75. The number of aromatic amines is 1. The van der Waals surface area contributed by atoms with Crippen LogP contribution in [0.4, 0.5) is 19.7 Å². The fourth-order valence-corrected chi connectivity index (χ4v) is 5.55. The molecule has 1 amide bonds. The SMILES string of the molecule is Cn1ccc2c(N[C@@H]3CCC[C@H](NC(=O)c4csc(N)n4)C3)nc(-c3c[nH]c4c(F)cc(F)cc34)nc21. The van der Waals surface area contributed by atoms with Gasteiger partial charge < -0.3 is 25.9 Å². The first-order valence-corrected chi connectivity index (χ1v) is 12.8. The van der Waals surface area contributed by atoms with Crippen molar-refractivity contribution in [1.29, 1.82) is 0 Å². The van der Waals surface area contributed by atoms with Crippen LogP contribution in [0.2, 0.25) is 0 Å². The van der Waals surface area contributed by atoms with Crippen molar-refractivity contribution in [3.63, 3.8) is 0 Å². The first-order chi connectivity index (χ1) is 17.9. The van der Waals surface area contributed by atoms with Crippen LogP contribution in [0.25, 0.3) is 33.3 Å². The molecule has 12 heteroatoms. The standard InChI is InChI=1S/C25H24F2N8OS/c1-35-6-5-15-21(30-13-3-2-4-14(9-13)31-24(36)19-11-37-25(28)32-19)33-22(34-23(15)35)17-10-29-20-16(17)7-12(26)8-18(20)27/h5-8,10-11,13-14,29H,2-4,9H2,1H3,(H2,28,32)(H,31,36)(H,30,33,34)/t13-,14+/m1/s1. The average molecular weight is 523 g/mol. The third-order valence-corrected chi connectivity index (χ3v) is 7.45. The van der Waals surface area contributed by atoms with E-state index in [0.29, 0.717) is 45.5 Å². The smallest absolute Gasteiger partial charge is 0.271 e. The summed E-state index contributed by atoms with van der Waals surface area (Å²) in [5.74, 6) is -0.576. The Hall–Kier alpha value is -4.06. The molecule has 4 heterocycles. The highest BCUT2D eigenvalue weighted by atomic mass is 32.1. The van der Waals surface area contributed by atoms with Gasteiger partial charge in [-0.1, -0.05) is 0 Å². The number of nitrogens with two attached hydrogens (primary N) is 1. The molecule has 2 atom stereocenters. The second kappa shape index (κ2) is 9.11. The fraction of sp³-hybridized carbons (Fsp3) is 0.280. The summed E-state index contributed by atoms with van der Waals surface area (Å²) >= 11 is 1.24. The number of benzene rings is 1. The highest BCUT2D eigenvalue weighted by Crippen LogP contribution is 2.33. The summed E-state index contributed by atoms with van der Waals surface area (Å²) in [6.07, 6.45) is 6.91. The van der Waals surface area contributed by atoms with E-state index in [2.05, 4.69) is 20.6 Å². The van der Waals surface area contributed by atoms with Crippen molar-refractivity contribution >= 4 is 50.1 Å². The summed E-state index contributed by atoms with van der Waals surface area (Å²) in [5.41, 5.74) is 7.40. The summed E-state index contributed by atoms with van der Waals surface area (Å²) in [6.45, 7) is 0. The molecule has 1 aliphatic rings. The molecule has 0 saturated heterocycles. The second-order valence-electron chi connectivity index (χ2n) is 9.32. The number of nitrogen functional groups attached to an aromatic ring is 1. The number of carbonyl (C=O) groups is 1. The predicted molar refractivity (Wildman–Crippen MR) is 139 cm³/mol. The molecule has 6 rings (SSSR count). The first-order valence-electron chi connectivity index (χ1n) is 11.9. The van der Waals surface area contributed by atoms with E-state index in [1.807, 2.05) is 23.9 Å². The number of aryl methyl sites for hydroxylation is 1. The second-order valence-corrected chi connectivity index (χ2v) is 10.2. The van der Waals surface area contributed by atoms with E-state index in [9.17, 15) is 13.6 Å². The van der Waals surface area contributed by atoms with Crippen LogP contribution >= 0.6 is 11.3 Å². The summed E-state index contributed by atoms with van der Waals surface area (Å²) in [6, 6.07) is 4.10. The Bertz CT molecular complexity index is 1640. The van der Waals surface area contributed by atoms with Crippen LogP contribution in [-0.4, -0.2) is 42.5 Å². The van der Waals surface area contributed by atoms with Gasteiger partial charge >= 0.3 is 0 Å². The maximum atomic E-state index is 14.3. The molecular formula is C25H24F2N8OS. The zero-order valence-corrected chi connectivity index (χ0v) is 20.7. The van der Waals surface area contributed by atoms with Crippen molar-refractivity contribution in [3.8, 4) is 11.4 Å². The number of hydrogen-bond acceptors (Lipinski definition) is 7. The number of amides is 1. The average Bonchev–Trinajstić information content (AvgIpc) is 3.58. The van der Waals surface area contributed by atoms with Crippen LogP contribution in [0, 0.1) is 11.6 Å². The lowest BCUT2D eigenvalue weighted by Crippen LogP contribution is -2.42. The Labute approximate surface area is 214 Å². The minimum Gasteiger partial charge on any atom is -0.375 e. The van der Waals surface area contributed by atoms with Crippen LogP contribution in [0.5, 0.6) is 0 Å². The van der Waals surface area contributed by atoms with E-state index in [4.69, 9.17) is 15.7 Å². The van der Waals surface area contributed by atoms with Crippen molar-refractivity contribution in [2.45, 2.75) is 37.8 Å². The minimum atomic E-state index is -0.671. The molecule has 0 bridgehead atoms. The molecule has 0 spiro atoms. The third kappa shape index (κ3) is 4.37. The highest BCUT2D eigenvalue weighted by Gasteiger charge is 2.26. The van der Waals surface area contributed by atoms with E-state index >= 15 is 0 Å². The number of nitrogens with one attached hydrogen (secondary N) is 3. The molecule has 1 saturated carbocycles. The van der Waals surface area contributed by atoms with Gasteiger partial charge in [-0.3, -0.25) is 4.79 Å². The van der Waals surface area contributed by atoms with Crippen molar-refractivity contribution in [2.75, 3.05) is 11.1 Å². The predicted octanol–water partition coefficient (Wildman–Crippen LogP) is 4.59. The van der Waals surface area contributed by atoms with E-state index in [1.54, 1.807) is 11.6 Å². The van der Waals surface area contributed by atoms with E-state index in [-0.39, 0.29) is 23.5 Å². The van der Waals surface area contributed by atoms with E-state index in [1.165, 1.54) is 17.4 Å². The molecule has 0 radical (unpaired) electrons. The molecule has 5 aromatic rings. The van der Waals surface area contributed by atoms with Crippen LogP contribution in [0.1, 0.15) is 36.2 Å². The number of fused-ring (bicyclic) bond motifs is 2. The van der Waals surface area contributed by atoms with Crippen LogP contribution in [0.15, 0.2) is 36.0 Å². The molecule has 0 aliphatic heterocycles. The number of carbonyl (C=O) groups excluding carboxylic acids is 1. The quantitative estimate of drug-likeness (QED) is 0.268. The van der Waals surface area contributed by atoms with Gasteiger partial charge in [-0.15, -0.1) is 11.3 Å². The molecule has 5 N–H and O–H groups in total. The Morgan fingerprint density at radius 3 is 2.84 bits per heavy atom. The molecule has 0 unspecified atom stereocenters. The Morgan fingerprint density at radius 1 is 1.19 bits per heavy atom. The van der Waals surface area contributed by atoms with Gasteiger partial charge in [0.05, 0.1) is 10.9 Å². The number of H-pyrrole nitrogens is 1. The van der Waals surface area contributed by atoms with Gasteiger partial charge in [0.25, 0.3) is 5.91 Å². The van der Waals surface area contributed by atoms with E-state index in [0.717, 1.165) is 30.7 Å². The van der Waals surface area contributed by atoms with Crippen LogP contribution in [0.3, 0.4) is 0 Å². The number of thiazole rings is 1. The molecule has 37 heavy (non-hydrogen) atoms. The number of anilines is 2. The lowest BCUT2D eigenvalue weighted by Gasteiger charge is -2.30. The molecule has 190 valence electrons. The molecular weight excluding hydrogens is 498 g/mol. The highest BCUT2D eigenvalue weighted by molar-refractivity contribution is 7.13. The molecule has 1 aromatic carbocycles. The van der Waals surface area contributed by atoms with Gasteiger partial charge in [-0.05, 0) is 37.8 Å². The molecule has 9 nitrogen and oxygen atoms in total. The topological polar surface area (TPSA) is 127 Å². The normalized spacial score (nSPS) is 17.9. The summed E-state index contributed by atoms with van der Waals surface area (Å²) < 4.78 is 30.2. The van der Waals surface area contributed by atoms with Gasteiger partial charge in [0.2, 0.25) is 0 Å². The molecule has 1 fully saturated rings. The van der Waals surface area contributed by atoms with Gasteiger partial charge in [0.15, 0.2) is 11.0 Å². The lowest BCUT2D eigenvalue weighted by molar-refractivity contribution is 0.0922. The minimum absolute atomic E-state index is 0.0196. The number of hydrogen-bond donors (Lipinski definition) is 4. The number of nitrogens with zero attached hydrogens (tertiary/aromatic N) is 4. The molecule has 1 aliphatic carbocycles. The van der Waals surface area contributed by atoms with E-state index < -0.39 is 11.6 Å². The monoisotopic (exact) mass is 522 g/mol. The van der Waals surface area contributed by atoms with Crippen molar-refractivity contribution in [3.05, 3.63) is 53.3 Å². The maximum absolute atomic E-state index is 14.3. The number of halogens is 2. The fourth-order valence-electron chi connectivity index (χ4n) is 5.00. The van der Waals surface area contributed by atoms with Gasteiger partial charge in [-0.2, -0.15) is 0 Å². The van der Waals surface area contributed by atoms with Crippen molar-refractivity contribution in [1.82, 2.24) is 29.8 Å². The van der Waals surface area contributed by atoms with Gasteiger partial charge in [0.1, 0.15) is 28.8 Å². The Balaban J connectivity index is 1.29. The third-order valence-electron chi connectivity index (χ3n) is 6.78. The largest absolute Gasteiger partial charge is 0.375 e. The van der Waals surface area contributed by atoms with Crippen LogP contribution in [-0.2, 0) is 7.05 Å². The summed E-state index contributed by atoms with van der Waals surface area (Å²) in [4.78, 5) is 29.0.